The Morgan fingerprint density at radius 2 is 0.759 bits per heavy atom. The fourth-order valence-corrected chi connectivity index (χ4v) is 11.9. The molecular formula is C82H96BBrF4N20O8. The first-order valence-corrected chi connectivity index (χ1v) is 38.2. The minimum Gasteiger partial charge on any atom is -0.465 e. The zero-order chi connectivity index (χ0) is 85.1. The predicted molar refractivity (Wildman–Crippen MR) is 437 cm³/mol. The van der Waals surface area contributed by atoms with Crippen LogP contribution in [0, 0.1) is 51.0 Å². The molecule has 0 atom stereocenters. The fraction of sp³-hybridized carbons (Fsp3) is 0.366. The van der Waals surface area contributed by atoms with Gasteiger partial charge in [0.05, 0.1) is 76.8 Å². The maximum absolute atomic E-state index is 14.7. The lowest BCUT2D eigenvalue weighted by Gasteiger charge is -2.32. The third-order valence-corrected chi connectivity index (χ3v) is 19.3. The number of esters is 2. The van der Waals surface area contributed by atoms with E-state index in [-0.39, 0.29) is 64.1 Å². The first kappa shape index (κ1) is 88.2. The smallest absolute Gasteiger partial charge is 0.465 e. The molecule has 0 unspecified atom stereocenters. The molecule has 4 aromatic carbocycles. The van der Waals surface area contributed by atoms with Gasteiger partial charge in [-0.2, -0.15) is 20.4 Å². The maximum Gasteiger partial charge on any atom is 0.495 e. The second-order valence-corrected chi connectivity index (χ2v) is 30.9. The van der Waals surface area contributed by atoms with Crippen molar-refractivity contribution in [3.8, 4) is 56.8 Å². The number of rotatable bonds is 18. The lowest BCUT2D eigenvalue weighted by atomic mass is 9.75. The van der Waals surface area contributed by atoms with Gasteiger partial charge in [-0.05, 0) is 300 Å². The molecule has 0 spiro atoms. The Morgan fingerprint density at radius 3 is 1.08 bits per heavy atom. The van der Waals surface area contributed by atoms with Crippen LogP contribution in [-0.2, 0) is 18.8 Å². The molecule has 1 saturated heterocycles. The van der Waals surface area contributed by atoms with Crippen molar-refractivity contribution < 1.29 is 55.5 Å². The van der Waals surface area contributed by atoms with E-state index in [4.69, 9.17) is 9.31 Å². The number of carbonyl (C=O) groups excluding carboxylic acids is 4. The van der Waals surface area contributed by atoms with Gasteiger partial charge in [0.15, 0.2) is 0 Å². The van der Waals surface area contributed by atoms with Gasteiger partial charge in [0, 0.05) is 65.6 Å². The van der Waals surface area contributed by atoms with Crippen molar-refractivity contribution in [3.05, 3.63) is 206 Å². The molecule has 13 rings (SSSR count). The molecule has 116 heavy (non-hydrogen) atoms. The van der Waals surface area contributed by atoms with E-state index in [1.54, 1.807) is 73.5 Å². The highest BCUT2D eigenvalue weighted by Crippen LogP contribution is 2.38. The molecule has 9 heterocycles. The zero-order valence-corrected chi connectivity index (χ0v) is 70.5. The molecule has 2 N–H and O–H groups in total. The standard InChI is InChI=1S/2C23H25FN8O.C15H20BFO4.C15H17FN2O2.C6H9BrN2/c2*1-13(2)31-10-9-19(28-31)16-12-17(18(24)11-15(16)5)23(33)26-21-8-6-7-20(25-21)22-27-29-30-32(22)14(3)4;1-9-7-12(17)10(13(18)19-6)8-11(9)16-20-14(2,3)15(4,5)21-16;1-9(2)18-6-5-14(17-18)11-8-12(15(19)20-4)13(16)7-10(11)3;1-5(2)9-4-3-6(7)8-9/h2*6-14H,1-5H3,(H,25,26,33);7-8H,1-6H3;5-9H,1-4H3;3-5H,1-2H3. The zero-order valence-electron chi connectivity index (χ0n) is 68.9. The average molecular weight is 1660 g/mol. The Hall–Kier alpha value is -11.8. The molecule has 1 aliphatic heterocycles. The van der Waals surface area contributed by atoms with Crippen LogP contribution in [0.1, 0.15) is 211 Å². The molecule has 0 radical (unpaired) electrons. The van der Waals surface area contributed by atoms with Gasteiger partial charge in [-0.15, -0.1) is 10.2 Å². The number of benzene rings is 4. The van der Waals surface area contributed by atoms with E-state index in [0.29, 0.717) is 79.4 Å². The Kier molecular flexibility index (Phi) is 28.6. The molecule has 34 heteroatoms. The number of hydrogen-bond acceptors (Lipinski definition) is 20. The van der Waals surface area contributed by atoms with Crippen LogP contribution in [0.2, 0.25) is 0 Å². The molecule has 28 nitrogen and oxygen atoms in total. The van der Waals surface area contributed by atoms with Crippen LogP contribution in [0.15, 0.2) is 139 Å². The summed E-state index contributed by atoms with van der Waals surface area (Å²) < 4.78 is 89.7. The number of tetrazole rings is 2. The number of aryl methyl sites for hydroxylation is 4. The Bertz CT molecular complexity index is 5270. The van der Waals surface area contributed by atoms with Crippen molar-refractivity contribution in [3.63, 3.8) is 0 Å². The lowest BCUT2D eigenvalue weighted by molar-refractivity contribution is 0.00578. The topological polar surface area (TPSA) is 314 Å². The summed E-state index contributed by atoms with van der Waals surface area (Å²) in [5.74, 6) is -3.55. The van der Waals surface area contributed by atoms with Gasteiger partial charge in [0.25, 0.3) is 11.8 Å². The molecule has 1 fully saturated rings. The minimum absolute atomic E-state index is 0.0364. The van der Waals surface area contributed by atoms with E-state index < -0.39 is 65.3 Å². The summed E-state index contributed by atoms with van der Waals surface area (Å²) in [6, 6.07) is 30.1. The number of aromatic nitrogens is 18. The van der Waals surface area contributed by atoms with Gasteiger partial charge in [-0.3, -0.25) is 28.3 Å². The van der Waals surface area contributed by atoms with Crippen LogP contribution < -0.4 is 16.1 Å². The monoisotopic (exact) mass is 1650 g/mol. The molecule has 0 bridgehead atoms. The average Bonchev–Trinajstić information content (AvgIpc) is 1.61. The number of amides is 2. The number of pyridine rings is 2. The summed E-state index contributed by atoms with van der Waals surface area (Å²) in [5.41, 5.74) is 7.22. The summed E-state index contributed by atoms with van der Waals surface area (Å²) in [5, 5.41) is 46.4. The highest BCUT2D eigenvalue weighted by Gasteiger charge is 2.52. The summed E-state index contributed by atoms with van der Waals surface area (Å²) in [6.07, 6.45) is 7.54. The normalized spacial score (nSPS) is 12.8. The third kappa shape index (κ3) is 21.0. The molecule has 12 aromatic rings. The highest BCUT2D eigenvalue weighted by molar-refractivity contribution is 9.10. The van der Waals surface area contributed by atoms with Crippen molar-refractivity contribution in [2.24, 2.45) is 0 Å². The molecular weight excluding hydrogens is 1560 g/mol. The molecule has 610 valence electrons. The van der Waals surface area contributed by atoms with E-state index in [2.05, 4.69) is 111 Å². The van der Waals surface area contributed by atoms with Crippen molar-refractivity contribution in [2.45, 2.75) is 186 Å². The number of hydrogen-bond donors (Lipinski definition) is 2. The second kappa shape index (κ2) is 37.7. The van der Waals surface area contributed by atoms with Gasteiger partial charge in [0.2, 0.25) is 11.6 Å². The fourth-order valence-electron chi connectivity index (χ4n) is 11.6. The van der Waals surface area contributed by atoms with Crippen molar-refractivity contribution in [2.75, 3.05) is 24.9 Å². The largest absolute Gasteiger partial charge is 0.495 e. The van der Waals surface area contributed by atoms with Crippen LogP contribution in [0.25, 0.3) is 56.8 Å². The number of nitrogens with zero attached hydrogens (tertiary/aromatic N) is 18. The number of ether oxygens (including phenoxy) is 2. The molecule has 1 aliphatic rings. The van der Waals surface area contributed by atoms with Crippen LogP contribution in [0.4, 0.5) is 29.2 Å². The Balaban J connectivity index is 0.000000174. The van der Waals surface area contributed by atoms with E-state index in [1.165, 1.54) is 62.8 Å². The highest BCUT2D eigenvalue weighted by atomic mass is 79.9. The summed E-state index contributed by atoms with van der Waals surface area (Å²) in [7, 11) is 1.81. The van der Waals surface area contributed by atoms with Gasteiger partial charge in [-0.1, -0.05) is 12.1 Å². The van der Waals surface area contributed by atoms with Gasteiger partial charge in [0.1, 0.15) is 50.9 Å². The van der Waals surface area contributed by atoms with Crippen molar-refractivity contribution >= 4 is 63.9 Å². The maximum atomic E-state index is 14.7. The lowest BCUT2D eigenvalue weighted by Crippen LogP contribution is -2.41. The Morgan fingerprint density at radius 1 is 0.431 bits per heavy atom. The van der Waals surface area contributed by atoms with Crippen LogP contribution in [0.3, 0.4) is 0 Å². The number of methoxy groups -OCH3 is 2. The van der Waals surface area contributed by atoms with Crippen molar-refractivity contribution in [1.82, 2.24) is 89.5 Å². The second-order valence-electron chi connectivity index (χ2n) is 30.0. The first-order valence-electron chi connectivity index (χ1n) is 37.4. The summed E-state index contributed by atoms with van der Waals surface area (Å²) in [4.78, 5) is 58.0. The third-order valence-electron chi connectivity index (χ3n) is 18.9. The molecule has 2 amide bonds. The van der Waals surface area contributed by atoms with Gasteiger partial charge < -0.3 is 29.4 Å². The van der Waals surface area contributed by atoms with Crippen LogP contribution in [0.5, 0.6) is 0 Å². The molecule has 0 aliphatic carbocycles. The molecule has 8 aromatic heterocycles. The van der Waals surface area contributed by atoms with Crippen molar-refractivity contribution in [1.29, 1.82) is 0 Å². The van der Waals surface area contributed by atoms with Crippen LogP contribution >= 0.6 is 15.9 Å². The summed E-state index contributed by atoms with van der Waals surface area (Å²) in [6.45, 7) is 39.0. The number of carbonyl (C=O) groups is 4. The number of halogens is 5. The first-order chi connectivity index (χ1) is 54.7. The number of nitrogens with one attached hydrogen (secondary N) is 2. The van der Waals surface area contributed by atoms with Gasteiger partial charge >= 0.3 is 19.1 Å². The van der Waals surface area contributed by atoms with Gasteiger partial charge in [-0.25, -0.2) is 46.5 Å². The van der Waals surface area contributed by atoms with E-state index in [0.717, 1.165) is 15.7 Å². The Labute approximate surface area is 679 Å². The van der Waals surface area contributed by atoms with E-state index in [1.807, 2.05) is 165 Å². The molecule has 0 saturated carbocycles. The van der Waals surface area contributed by atoms with E-state index >= 15 is 0 Å². The number of anilines is 2. The van der Waals surface area contributed by atoms with E-state index in [9.17, 15) is 36.7 Å². The minimum atomic E-state index is -0.717. The predicted octanol–water partition coefficient (Wildman–Crippen LogP) is 16.7. The summed E-state index contributed by atoms with van der Waals surface area (Å²) >= 11 is 3.27. The SMILES string of the molecule is CC(C)n1ccc(Br)n1.COC(=O)c1cc(-c2ccn(C(C)C)n2)c(C)cc1F.COC(=O)c1cc(B2OC(C)(C)C(C)(C)O2)c(C)cc1F.Cc1cc(F)c(C(=O)Nc2cccc(-c3nnnn3C(C)C)n2)cc1-c1ccn(C(C)C)n1.Cc1cc(F)c(C(=O)Nc2cccc(-c3nnnn3C(C)C)n2)cc1-c1ccn(C(C)C)n1. The van der Waals surface area contributed by atoms with Crippen LogP contribution in [-0.4, -0.2) is 146 Å². The quantitative estimate of drug-likeness (QED) is 0.0458.